The Balaban J connectivity index is 1.67. The average molecular weight is 405 g/mol. The second-order valence-corrected chi connectivity index (χ2v) is 8.08. The number of aromatic nitrogens is 3. The molecule has 144 valence electrons. The zero-order valence-electron chi connectivity index (χ0n) is 15.4. The lowest BCUT2D eigenvalue weighted by atomic mass is 10.1. The Morgan fingerprint density at radius 3 is 2.70 bits per heavy atom. The molecule has 1 saturated carbocycles. The van der Waals surface area contributed by atoms with Crippen LogP contribution in [0.2, 0.25) is 5.02 Å². The van der Waals surface area contributed by atoms with E-state index in [0.29, 0.717) is 34.3 Å². The first-order chi connectivity index (χ1) is 13.2. The maximum Gasteiger partial charge on any atom is 0.230 e. The molecule has 0 atom stereocenters. The molecular formula is C20H25ClN4OS. The quantitative estimate of drug-likeness (QED) is 0.412. The third-order valence-corrected chi connectivity index (χ3v) is 5.99. The first kappa shape index (κ1) is 20.0. The summed E-state index contributed by atoms with van der Waals surface area (Å²) in [5, 5.41) is 13.1. The Bertz CT molecular complexity index is 784. The number of hydrogen-bond acceptors (Lipinski definition) is 4. The molecular weight excluding hydrogens is 380 g/mol. The number of amides is 1. The Morgan fingerprint density at radius 2 is 2.00 bits per heavy atom. The lowest BCUT2D eigenvalue weighted by Gasteiger charge is -2.16. The van der Waals surface area contributed by atoms with Gasteiger partial charge in [-0.05, 0) is 25.0 Å². The van der Waals surface area contributed by atoms with Crippen molar-refractivity contribution in [3.05, 3.63) is 41.9 Å². The van der Waals surface area contributed by atoms with Gasteiger partial charge in [0, 0.05) is 18.2 Å². The van der Waals surface area contributed by atoms with Crippen molar-refractivity contribution >= 4 is 29.3 Å². The largest absolute Gasteiger partial charge is 0.353 e. The predicted molar refractivity (Wildman–Crippen MR) is 111 cm³/mol. The van der Waals surface area contributed by atoms with Crippen molar-refractivity contribution in [2.45, 2.75) is 56.3 Å². The minimum atomic E-state index is 0.0550. The van der Waals surface area contributed by atoms with E-state index in [4.69, 9.17) is 11.6 Å². The smallest absolute Gasteiger partial charge is 0.230 e. The van der Waals surface area contributed by atoms with Crippen LogP contribution in [0.15, 0.2) is 42.1 Å². The molecule has 5 nitrogen and oxygen atoms in total. The van der Waals surface area contributed by atoms with Crippen LogP contribution in [-0.4, -0.2) is 32.5 Å². The number of benzene rings is 1. The fourth-order valence-electron chi connectivity index (χ4n) is 3.35. The van der Waals surface area contributed by atoms with Crippen molar-refractivity contribution in [3.8, 4) is 11.4 Å². The van der Waals surface area contributed by atoms with E-state index in [-0.39, 0.29) is 5.91 Å². The molecule has 0 bridgehead atoms. The summed E-state index contributed by atoms with van der Waals surface area (Å²) in [6.07, 6.45) is 8.91. The van der Waals surface area contributed by atoms with Gasteiger partial charge in [0.1, 0.15) is 0 Å². The van der Waals surface area contributed by atoms with Gasteiger partial charge >= 0.3 is 0 Å². The van der Waals surface area contributed by atoms with Crippen LogP contribution in [0.4, 0.5) is 0 Å². The molecule has 1 aromatic carbocycles. The molecule has 1 N–H and O–H groups in total. The van der Waals surface area contributed by atoms with E-state index in [2.05, 4.69) is 22.1 Å². The van der Waals surface area contributed by atoms with Gasteiger partial charge in [-0.2, -0.15) is 0 Å². The number of thioether (sulfide) groups is 1. The van der Waals surface area contributed by atoms with Gasteiger partial charge in [0.25, 0.3) is 0 Å². The number of carbonyl (C=O) groups excluding carboxylic acids is 1. The molecule has 3 rings (SSSR count). The van der Waals surface area contributed by atoms with Gasteiger partial charge in [0.15, 0.2) is 11.0 Å². The van der Waals surface area contributed by atoms with Gasteiger partial charge in [-0.25, -0.2) is 0 Å². The Hall–Kier alpha value is -1.79. The summed E-state index contributed by atoms with van der Waals surface area (Å²) < 4.78 is 1.94. The van der Waals surface area contributed by atoms with Crippen molar-refractivity contribution < 1.29 is 4.79 Å². The Morgan fingerprint density at radius 1 is 1.26 bits per heavy atom. The van der Waals surface area contributed by atoms with Crippen molar-refractivity contribution in [1.29, 1.82) is 0 Å². The van der Waals surface area contributed by atoms with Crippen LogP contribution < -0.4 is 5.32 Å². The fraction of sp³-hybridized carbons (Fsp3) is 0.450. The lowest BCUT2D eigenvalue weighted by Crippen LogP contribution is -2.35. The standard InChI is InChI=1S/C20H25ClN4OS/c1-2-13-25-19(16-11-7-8-12-17(16)21)23-24-20(25)27-14-18(26)22-15-9-5-3-4-6-10-15/h2,7-8,11-12,15H,1,3-6,9-10,13-14H2,(H,22,26). The number of carbonyl (C=O) groups is 1. The summed E-state index contributed by atoms with van der Waals surface area (Å²) in [4.78, 5) is 12.4. The van der Waals surface area contributed by atoms with Gasteiger partial charge in [0.05, 0.1) is 10.8 Å². The van der Waals surface area contributed by atoms with Crippen LogP contribution in [0.25, 0.3) is 11.4 Å². The summed E-state index contributed by atoms with van der Waals surface area (Å²) in [6.45, 7) is 4.37. The summed E-state index contributed by atoms with van der Waals surface area (Å²) in [6, 6.07) is 7.86. The molecule has 1 heterocycles. The molecule has 7 heteroatoms. The highest BCUT2D eigenvalue weighted by molar-refractivity contribution is 7.99. The number of rotatable bonds is 7. The molecule has 1 aliphatic rings. The summed E-state index contributed by atoms with van der Waals surface area (Å²) in [7, 11) is 0. The maximum absolute atomic E-state index is 12.4. The molecule has 1 fully saturated rings. The highest BCUT2D eigenvalue weighted by Crippen LogP contribution is 2.29. The normalized spacial score (nSPS) is 15.3. The van der Waals surface area contributed by atoms with Crippen molar-refractivity contribution in [3.63, 3.8) is 0 Å². The van der Waals surface area contributed by atoms with Gasteiger partial charge in [0.2, 0.25) is 5.91 Å². The fourth-order valence-corrected chi connectivity index (χ4v) is 4.33. The highest BCUT2D eigenvalue weighted by atomic mass is 35.5. The van der Waals surface area contributed by atoms with E-state index in [1.54, 1.807) is 6.08 Å². The molecule has 0 unspecified atom stereocenters. The van der Waals surface area contributed by atoms with Crippen LogP contribution >= 0.6 is 23.4 Å². The molecule has 1 aromatic heterocycles. The first-order valence-corrected chi connectivity index (χ1v) is 10.8. The third kappa shape index (κ3) is 5.36. The molecule has 1 aliphatic carbocycles. The lowest BCUT2D eigenvalue weighted by molar-refractivity contribution is -0.119. The van der Waals surface area contributed by atoms with E-state index in [1.807, 2.05) is 28.8 Å². The Kier molecular flexibility index (Phi) is 7.35. The van der Waals surface area contributed by atoms with E-state index in [1.165, 1.54) is 37.4 Å². The maximum atomic E-state index is 12.4. The summed E-state index contributed by atoms with van der Waals surface area (Å²) >= 11 is 7.71. The van der Waals surface area contributed by atoms with Crippen LogP contribution in [0, 0.1) is 0 Å². The second-order valence-electron chi connectivity index (χ2n) is 6.73. The number of nitrogens with one attached hydrogen (secondary N) is 1. The van der Waals surface area contributed by atoms with E-state index >= 15 is 0 Å². The van der Waals surface area contributed by atoms with Crippen LogP contribution in [0.5, 0.6) is 0 Å². The van der Waals surface area contributed by atoms with Gasteiger partial charge < -0.3 is 5.32 Å². The van der Waals surface area contributed by atoms with E-state index in [9.17, 15) is 4.79 Å². The molecule has 27 heavy (non-hydrogen) atoms. The summed E-state index contributed by atoms with van der Waals surface area (Å²) in [5.41, 5.74) is 0.822. The van der Waals surface area contributed by atoms with Crippen molar-refractivity contribution in [2.75, 3.05) is 5.75 Å². The number of allylic oxidation sites excluding steroid dienone is 1. The van der Waals surface area contributed by atoms with Crippen LogP contribution in [-0.2, 0) is 11.3 Å². The highest BCUT2D eigenvalue weighted by Gasteiger charge is 2.18. The third-order valence-electron chi connectivity index (χ3n) is 4.70. The molecule has 0 spiro atoms. The minimum Gasteiger partial charge on any atom is -0.353 e. The molecule has 0 aliphatic heterocycles. The first-order valence-electron chi connectivity index (χ1n) is 9.40. The number of hydrogen-bond donors (Lipinski definition) is 1. The zero-order valence-corrected chi connectivity index (χ0v) is 16.9. The van der Waals surface area contributed by atoms with E-state index < -0.39 is 0 Å². The molecule has 2 aromatic rings. The molecule has 1 amide bonds. The van der Waals surface area contributed by atoms with Crippen LogP contribution in [0.3, 0.4) is 0 Å². The van der Waals surface area contributed by atoms with Crippen molar-refractivity contribution in [2.24, 2.45) is 0 Å². The topological polar surface area (TPSA) is 59.8 Å². The molecule has 0 radical (unpaired) electrons. The van der Waals surface area contributed by atoms with Gasteiger partial charge in [-0.3, -0.25) is 9.36 Å². The predicted octanol–water partition coefficient (Wildman–Crippen LogP) is 4.72. The average Bonchev–Trinajstić information content (AvgIpc) is 2.87. The minimum absolute atomic E-state index is 0.0550. The number of halogens is 1. The summed E-state index contributed by atoms with van der Waals surface area (Å²) in [5.74, 6) is 1.07. The van der Waals surface area contributed by atoms with Crippen molar-refractivity contribution in [1.82, 2.24) is 20.1 Å². The monoisotopic (exact) mass is 404 g/mol. The van der Waals surface area contributed by atoms with Crippen LogP contribution in [0.1, 0.15) is 38.5 Å². The zero-order chi connectivity index (χ0) is 19.1. The molecule has 0 saturated heterocycles. The number of nitrogens with zero attached hydrogens (tertiary/aromatic N) is 3. The Labute approximate surface area is 169 Å². The van der Waals surface area contributed by atoms with E-state index in [0.717, 1.165) is 18.4 Å². The van der Waals surface area contributed by atoms with Gasteiger partial charge in [-0.1, -0.05) is 67.3 Å². The SMILES string of the molecule is C=CCn1c(SCC(=O)NC2CCCCCC2)nnc1-c1ccccc1Cl. The van der Waals surface area contributed by atoms with Gasteiger partial charge in [-0.15, -0.1) is 16.8 Å². The second kappa shape index (κ2) is 9.95.